The summed E-state index contributed by atoms with van der Waals surface area (Å²) in [6.07, 6.45) is 0. The van der Waals surface area contributed by atoms with Gasteiger partial charge in [-0.15, -0.1) is 0 Å². The monoisotopic (exact) mass is 295 g/mol. The Morgan fingerprint density at radius 1 is 1.35 bits per heavy atom. The van der Waals surface area contributed by atoms with Crippen LogP contribution in [0.2, 0.25) is 5.02 Å². The van der Waals surface area contributed by atoms with Gasteiger partial charge in [0.1, 0.15) is 0 Å². The van der Waals surface area contributed by atoms with Crippen molar-refractivity contribution in [3.8, 4) is 0 Å². The van der Waals surface area contributed by atoms with Gasteiger partial charge in [0, 0.05) is 11.6 Å². The number of ether oxygens (including phenoxy) is 1. The van der Waals surface area contributed by atoms with Crippen LogP contribution in [0, 0.1) is 5.41 Å². The molecule has 1 aliphatic heterocycles. The molecule has 5 nitrogen and oxygen atoms in total. The first-order valence-electron chi connectivity index (χ1n) is 6.02. The van der Waals surface area contributed by atoms with Crippen molar-refractivity contribution in [2.75, 3.05) is 18.6 Å². The van der Waals surface area contributed by atoms with Gasteiger partial charge in [-0.05, 0) is 32.0 Å². The van der Waals surface area contributed by atoms with Gasteiger partial charge in [0.15, 0.2) is 0 Å². The number of Topliss-reactive ketones (excluding diaryl/α,β-unsaturated/α-hetero) is 1. The topological polar surface area (TPSA) is 63.7 Å². The molecule has 1 amide bonds. The van der Waals surface area contributed by atoms with E-state index in [2.05, 4.69) is 0 Å². The highest BCUT2D eigenvalue weighted by atomic mass is 35.5. The van der Waals surface area contributed by atoms with Crippen LogP contribution >= 0.6 is 11.6 Å². The number of amides is 1. The Kier molecular flexibility index (Phi) is 3.56. The molecule has 0 saturated carbocycles. The summed E-state index contributed by atoms with van der Waals surface area (Å²) in [7, 11) is 1.29. The van der Waals surface area contributed by atoms with Crippen molar-refractivity contribution in [3.05, 3.63) is 28.8 Å². The lowest BCUT2D eigenvalue weighted by molar-refractivity contribution is -0.150. The molecule has 106 valence electrons. The lowest BCUT2D eigenvalue weighted by Gasteiger charge is -2.27. The first-order valence-corrected chi connectivity index (χ1v) is 6.40. The van der Waals surface area contributed by atoms with Crippen molar-refractivity contribution in [3.63, 3.8) is 0 Å². The molecule has 2 rings (SSSR count). The van der Waals surface area contributed by atoms with Crippen LogP contribution in [0.1, 0.15) is 24.2 Å². The lowest BCUT2D eigenvalue weighted by Crippen LogP contribution is -2.42. The largest absolute Gasteiger partial charge is 0.469 e. The fraction of sp³-hybridized carbons (Fsp3) is 0.357. The second kappa shape index (κ2) is 4.90. The maximum absolute atomic E-state index is 12.0. The molecule has 0 N–H and O–H groups in total. The number of carbonyl (C=O) groups excluding carboxylic acids is 3. The molecule has 0 aliphatic carbocycles. The first kappa shape index (κ1) is 14.5. The Morgan fingerprint density at radius 3 is 2.60 bits per heavy atom. The Morgan fingerprint density at radius 2 is 2.00 bits per heavy atom. The summed E-state index contributed by atoms with van der Waals surface area (Å²) >= 11 is 5.83. The Balaban J connectivity index is 2.38. The summed E-state index contributed by atoms with van der Waals surface area (Å²) in [5.74, 6) is -1.71. The van der Waals surface area contributed by atoms with Crippen molar-refractivity contribution < 1.29 is 19.1 Å². The van der Waals surface area contributed by atoms with E-state index in [-0.39, 0.29) is 12.1 Å². The van der Waals surface area contributed by atoms with Gasteiger partial charge in [-0.2, -0.15) is 0 Å². The summed E-state index contributed by atoms with van der Waals surface area (Å²) in [6, 6.07) is 4.67. The maximum Gasteiger partial charge on any atom is 0.313 e. The third-order valence-corrected chi connectivity index (χ3v) is 3.46. The van der Waals surface area contributed by atoms with E-state index in [4.69, 9.17) is 16.3 Å². The van der Waals surface area contributed by atoms with Crippen LogP contribution in [-0.2, 0) is 14.3 Å². The van der Waals surface area contributed by atoms with Crippen LogP contribution in [0.15, 0.2) is 18.2 Å². The normalized spacial score (nSPS) is 14.5. The van der Waals surface area contributed by atoms with E-state index in [0.29, 0.717) is 10.7 Å². The zero-order chi connectivity index (χ0) is 15.1. The van der Waals surface area contributed by atoms with Gasteiger partial charge in [-0.1, -0.05) is 11.6 Å². The van der Waals surface area contributed by atoms with Crippen molar-refractivity contribution in [2.24, 2.45) is 5.41 Å². The van der Waals surface area contributed by atoms with E-state index in [0.717, 1.165) is 0 Å². The molecular weight excluding hydrogens is 282 g/mol. The molecule has 0 saturated heterocycles. The molecule has 6 heteroatoms. The third kappa shape index (κ3) is 2.29. The Hall–Kier alpha value is -1.88. The number of anilines is 1. The van der Waals surface area contributed by atoms with Gasteiger partial charge < -0.3 is 9.64 Å². The van der Waals surface area contributed by atoms with Gasteiger partial charge >= 0.3 is 5.97 Å². The minimum atomic E-state index is -0.911. The molecule has 0 unspecified atom stereocenters. The number of methoxy groups -OCH3 is 1. The molecule has 0 aromatic heterocycles. The van der Waals surface area contributed by atoms with Gasteiger partial charge in [0.2, 0.25) is 0 Å². The fourth-order valence-corrected chi connectivity index (χ4v) is 2.34. The summed E-state index contributed by atoms with van der Waals surface area (Å²) in [5, 5.41) is 0.388. The molecule has 0 spiro atoms. The number of benzene rings is 1. The smallest absolute Gasteiger partial charge is 0.313 e. The molecular formula is C14H14ClNO4. The number of rotatable bonds is 3. The summed E-state index contributed by atoms with van der Waals surface area (Å²) in [4.78, 5) is 37.0. The summed E-state index contributed by atoms with van der Waals surface area (Å²) in [6.45, 7) is 3.38. The second-order valence-corrected chi connectivity index (χ2v) is 5.69. The third-order valence-electron chi connectivity index (χ3n) is 3.22. The zero-order valence-electron chi connectivity index (χ0n) is 11.4. The van der Waals surface area contributed by atoms with E-state index in [9.17, 15) is 14.4 Å². The Labute approximate surface area is 121 Å². The number of hydrogen-bond acceptors (Lipinski definition) is 4. The molecule has 20 heavy (non-hydrogen) atoms. The molecule has 0 fully saturated rings. The predicted molar refractivity (Wildman–Crippen MR) is 73.9 cm³/mol. The molecule has 1 aliphatic rings. The van der Waals surface area contributed by atoms with Gasteiger partial charge in [0.25, 0.3) is 11.7 Å². The number of carbonyl (C=O) groups is 3. The molecule has 0 bridgehead atoms. The number of fused-ring (bicyclic) bond motifs is 1. The SMILES string of the molecule is COC(=O)C(C)(C)CN1C(=O)C(=O)c2cc(Cl)ccc21. The molecule has 0 radical (unpaired) electrons. The van der Waals surface area contributed by atoms with Crippen LogP contribution < -0.4 is 4.90 Å². The van der Waals surface area contributed by atoms with Gasteiger partial charge in [-0.3, -0.25) is 14.4 Å². The second-order valence-electron chi connectivity index (χ2n) is 5.26. The number of nitrogens with zero attached hydrogens (tertiary/aromatic N) is 1. The van der Waals surface area contributed by atoms with E-state index >= 15 is 0 Å². The highest BCUT2D eigenvalue weighted by Gasteiger charge is 2.41. The molecule has 1 aromatic carbocycles. The van der Waals surface area contributed by atoms with Gasteiger partial charge in [-0.25, -0.2) is 0 Å². The van der Waals surface area contributed by atoms with Crippen LogP contribution in [0.4, 0.5) is 5.69 Å². The van der Waals surface area contributed by atoms with E-state index in [1.165, 1.54) is 18.1 Å². The number of ketones is 1. The van der Waals surface area contributed by atoms with Crippen molar-refractivity contribution in [1.29, 1.82) is 0 Å². The van der Waals surface area contributed by atoms with E-state index in [1.54, 1.807) is 26.0 Å². The van der Waals surface area contributed by atoms with Crippen molar-refractivity contribution >= 4 is 34.9 Å². The predicted octanol–water partition coefficient (Wildman–Crippen LogP) is 2.07. The average molecular weight is 296 g/mol. The van der Waals surface area contributed by atoms with Gasteiger partial charge in [0.05, 0.1) is 23.8 Å². The summed E-state index contributed by atoms with van der Waals surface area (Å²) < 4.78 is 4.71. The number of hydrogen-bond donors (Lipinski definition) is 0. The molecule has 1 heterocycles. The quantitative estimate of drug-likeness (QED) is 0.632. The summed E-state index contributed by atoms with van der Waals surface area (Å²) in [5.41, 5.74) is -0.170. The number of halogens is 1. The average Bonchev–Trinajstić information content (AvgIpc) is 2.62. The van der Waals surface area contributed by atoms with Crippen LogP contribution in [0.3, 0.4) is 0 Å². The van der Waals surface area contributed by atoms with Crippen molar-refractivity contribution in [2.45, 2.75) is 13.8 Å². The minimum Gasteiger partial charge on any atom is -0.469 e. The Bertz CT molecular complexity index is 609. The van der Waals surface area contributed by atoms with E-state index < -0.39 is 23.1 Å². The van der Waals surface area contributed by atoms with Crippen LogP contribution in [0.25, 0.3) is 0 Å². The number of esters is 1. The highest BCUT2D eigenvalue weighted by Crippen LogP contribution is 2.33. The molecule has 1 aromatic rings. The lowest BCUT2D eigenvalue weighted by atomic mass is 9.93. The van der Waals surface area contributed by atoms with Crippen LogP contribution in [-0.4, -0.2) is 31.3 Å². The van der Waals surface area contributed by atoms with Crippen molar-refractivity contribution in [1.82, 2.24) is 0 Å². The van der Waals surface area contributed by atoms with Crippen LogP contribution in [0.5, 0.6) is 0 Å². The maximum atomic E-state index is 12.0. The highest BCUT2D eigenvalue weighted by molar-refractivity contribution is 6.52. The first-order chi connectivity index (χ1) is 9.27. The standard InChI is InChI=1S/C14H14ClNO4/c1-14(2,13(19)20-3)7-16-10-5-4-8(15)6-9(10)11(17)12(16)18/h4-6H,7H2,1-3H3. The zero-order valence-corrected chi connectivity index (χ0v) is 12.2. The fourth-order valence-electron chi connectivity index (χ4n) is 2.17. The minimum absolute atomic E-state index is 0.0683. The van der Waals surface area contributed by atoms with E-state index in [1.807, 2.05) is 0 Å². The molecule has 0 atom stereocenters.